The molecule has 0 aliphatic rings. The molecule has 1 N–H and O–H groups in total. The number of aromatic nitrogens is 1. The first-order valence-corrected chi connectivity index (χ1v) is 5.53. The van der Waals surface area contributed by atoms with Crippen LogP contribution < -0.4 is 4.74 Å². The predicted molar refractivity (Wildman–Crippen MR) is 68.2 cm³/mol. The van der Waals surface area contributed by atoms with E-state index >= 15 is 0 Å². The summed E-state index contributed by atoms with van der Waals surface area (Å²) in [5.74, 6) is -0.774. The molecule has 1 heterocycles. The van der Waals surface area contributed by atoms with Crippen LogP contribution in [0.5, 0.6) is 5.88 Å². The SMILES string of the molecule is COc1cc(C(=O)O)cc(-c2cccc(Cl)c2)n1. The topological polar surface area (TPSA) is 59.4 Å². The minimum absolute atomic E-state index is 0.122. The highest BCUT2D eigenvalue weighted by Gasteiger charge is 2.10. The zero-order valence-corrected chi connectivity index (χ0v) is 10.3. The van der Waals surface area contributed by atoms with Crippen molar-refractivity contribution in [2.24, 2.45) is 0 Å². The summed E-state index contributed by atoms with van der Waals surface area (Å²) >= 11 is 5.90. The molecule has 4 nitrogen and oxygen atoms in total. The second-order valence-electron chi connectivity index (χ2n) is 3.60. The number of pyridine rings is 1. The Bertz CT molecular complexity index is 599. The van der Waals surface area contributed by atoms with Crippen molar-refractivity contribution in [3.8, 4) is 17.1 Å². The third-order valence-electron chi connectivity index (χ3n) is 2.38. The van der Waals surface area contributed by atoms with Gasteiger partial charge >= 0.3 is 5.97 Å². The molecule has 5 heteroatoms. The number of methoxy groups -OCH3 is 1. The van der Waals surface area contributed by atoms with Gasteiger partial charge in [0.15, 0.2) is 0 Å². The van der Waals surface area contributed by atoms with Crippen molar-refractivity contribution >= 4 is 17.6 Å². The highest BCUT2D eigenvalue weighted by molar-refractivity contribution is 6.30. The van der Waals surface area contributed by atoms with Crippen LogP contribution in [0.4, 0.5) is 0 Å². The summed E-state index contributed by atoms with van der Waals surface area (Å²) in [5, 5.41) is 9.59. The first-order valence-electron chi connectivity index (χ1n) is 5.15. The van der Waals surface area contributed by atoms with Crippen molar-refractivity contribution in [1.82, 2.24) is 4.98 Å². The predicted octanol–water partition coefficient (Wildman–Crippen LogP) is 3.11. The smallest absolute Gasteiger partial charge is 0.335 e. The van der Waals surface area contributed by atoms with E-state index in [1.54, 1.807) is 24.3 Å². The fourth-order valence-corrected chi connectivity index (χ4v) is 1.72. The van der Waals surface area contributed by atoms with Crippen LogP contribution in [-0.2, 0) is 0 Å². The van der Waals surface area contributed by atoms with E-state index in [2.05, 4.69) is 4.98 Å². The number of hydrogen-bond donors (Lipinski definition) is 1. The molecule has 0 bridgehead atoms. The standard InChI is InChI=1S/C13H10ClNO3/c1-18-12-7-9(13(16)17)6-11(15-12)8-3-2-4-10(14)5-8/h2-7H,1H3,(H,16,17). The maximum absolute atomic E-state index is 11.0. The summed E-state index contributed by atoms with van der Waals surface area (Å²) in [6.45, 7) is 0. The van der Waals surface area contributed by atoms with Crippen molar-refractivity contribution in [3.05, 3.63) is 47.0 Å². The zero-order valence-electron chi connectivity index (χ0n) is 9.55. The van der Waals surface area contributed by atoms with E-state index < -0.39 is 5.97 Å². The largest absolute Gasteiger partial charge is 0.481 e. The van der Waals surface area contributed by atoms with Gasteiger partial charge in [0.2, 0.25) is 5.88 Å². The Morgan fingerprint density at radius 3 is 2.72 bits per heavy atom. The second kappa shape index (κ2) is 5.06. The number of hydrogen-bond acceptors (Lipinski definition) is 3. The highest BCUT2D eigenvalue weighted by Crippen LogP contribution is 2.24. The van der Waals surface area contributed by atoms with Gasteiger partial charge < -0.3 is 9.84 Å². The summed E-state index contributed by atoms with van der Waals surface area (Å²) in [4.78, 5) is 15.2. The number of carboxylic acid groups (broad SMARTS) is 1. The van der Waals surface area contributed by atoms with Crippen molar-refractivity contribution in [3.63, 3.8) is 0 Å². The van der Waals surface area contributed by atoms with Crippen LogP contribution in [0.25, 0.3) is 11.3 Å². The first-order chi connectivity index (χ1) is 8.60. The van der Waals surface area contributed by atoms with Gasteiger partial charge in [0, 0.05) is 16.7 Å². The van der Waals surface area contributed by atoms with E-state index in [0.717, 1.165) is 5.56 Å². The van der Waals surface area contributed by atoms with E-state index in [9.17, 15) is 4.79 Å². The van der Waals surface area contributed by atoms with Crippen LogP contribution in [0.2, 0.25) is 5.02 Å². The van der Waals surface area contributed by atoms with E-state index in [1.807, 2.05) is 0 Å². The Labute approximate surface area is 109 Å². The molecule has 1 aromatic heterocycles. The van der Waals surface area contributed by atoms with E-state index in [-0.39, 0.29) is 11.4 Å². The number of carbonyl (C=O) groups is 1. The Morgan fingerprint density at radius 1 is 1.33 bits per heavy atom. The molecule has 0 aliphatic heterocycles. The van der Waals surface area contributed by atoms with Crippen LogP contribution in [-0.4, -0.2) is 23.2 Å². The minimum Gasteiger partial charge on any atom is -0.481 e. The van der Waals surface area contributed by atoms with Crippen LogP contribution in [0.3, 0.4) is 0 Å². The maximum Gasteiger partial charge on any atom is 0.335 e. The summed E-state index contributed by atoms with van der Waals surface area (Å²) < 4.78 is 4.99. The summed E-state index contributed by atoms with van der Waals surface area (Å²) in [5.41, 5.74) is 1.37. The molecule has 2 aromatic rings. The molecule has 0 saturated carbocycles. The van der Waals surface area contributed by atoms with Gasteiger partial charge in [-0.3, -0.25) is 0 Å². The molecule has 0 radical (unpaired) electrons. The third kappa shape index (κ3) is 2.60. The van der Waals surface area contributed by atoms with Crippen LogP contribution >= 0.6 is 11.6 Å². The Hall–Kier alpha value is -2.07. The first kappa shape index (κ1) is 12.4. The Kier molecular flexibility index (Phi) is 3.48. The molecule has 0 fully saturated rings. The van der Waals surface area contributed by atoms with E-state index in [1.165, 1.54) is 19.2 Å². The van der Waals surface area contributed by atoms with Gasteiger partial charge in [-0.25, -0.2) is 9.78 Å². The number of nitrogens with zero attached hydrogens (tertiary/aromatic N) is 1. The molecule has 1 aromatic carbocycles. The summed E-state index contributed by atoms with van der Waals surface area (Å²) in [7, 11) is 1.44. The quantitative estimate of drug-likeness (QED) is 0.924. The molecular weight excluding hydrogens is 254 g/mol. The average molecular weight is 264 g/mol. The number of benzene rings is 1. The van der Waals surface area contributed by atoms with Gasteiger partial charge in [0.05, 0.1) is 18.4 Å². The van der Waals surface area contributed by atoms with Crippen molar-refractivity contribution in [2.45, 2.75) is 0 Å². The molecule has 0 saturated heterocycles. The maximum atomic E-state index is 11.0. The lowest BCUT2D eigenvalue weighted by molar-refractivity contribution is 0.0696. The molecule has 0 atom stereocenters. The molecule has 92 valence electrons. The van der Waals surface area contributed by atoms with E-state index in [4.69, 9.17) is 21.4 Å². The van der Waals surface area contributed by atoms with Gasteiger partial charge in [0.1, 0.15) is 0 Å². The van der Waals surface area contributed by atoms with Gasteiger partial charge in [0.25, 0.3) is 0 Å². The number of carboxylic acids is 1. The normalized spacial score (nSPS) is 10.1. The lowest BCUT2D eigenvalue weighted by Crippen LogP contribution is -2.00. The number of rotatable bonds is 3. The molecule has 18 heavy (non-hydrogen) atoms. The minimum atomic E-state index is -1.03. The second-order valence-corrected chi connectivity index (χ2v) is 4.04. The molecule has 2 rings (SSSR count). The number of ether oxygens (including phenoxy) is 1. The van der Waals surface area contributed by atoms with Crippen LogP contribution in [0.15, 0.2) is 36.4 Å². The van der Waals surface area contributed by atoms with Gasteiger partial charge in [-0.15, -0.1) is 0 Å². The van der Waals surface area contributed by atoms with Crippen LogP contribution in [0, 0.1) is 0 Å². The molecule has 0 aliphatic carbocycles. The van der Waals surface area contributed by atoms with Crippen molar-refractivity contribution in [2.75, 3.05) is 7.11 Å². The fourth-order valence-electron chi connectivity index (χ4n) is 1.53. The molecular formula is C13H10ClNO3. The lowest BCUT2D eigenvalue weighted by atomic mass is 10.1. The van der Waals surface area contributed by atoms with Crippen LogP contribution in [0.1, 0.15) is 10.4 Å². The summed E-state index contributed by atoms with van der Waals surface area (Å²) in [6.07, 6.45) is 0. The Morgan fingerprint density at radius 2 is 2.11 bits per heavy atom. The zero-order chi connectivity index (χ0) is 13.1. The number of halogens is 1. The molecule has 0 amide bonds. The fraction of sp³-hybridized carbons (Fsp3) is 0.0769. The monoisotopic (exact) mass is 263 g/mol. The Balaban J connectivity index is 2.56. The van der Waals surface area contributed by atoms with Gasteiger partial charge in [-0.2, -0.15) is 0 Å². The van der Waals surface area contributed by atoms with E-state index in [0.29, 0.717) is 10.7 Å². The van der Waals surface area contributed by atoms with Crippen molar-refractivity contribution < 1.29 is 14.6 Å². The average Bonchev–Trinajstić information content (AvgIpc) is 2.38. The third-order valence-corrected chi connectivity index (χ3v) is 2.61. The molecule has 0 spiro atoms. The van der Waals surface area contributed by atoms with Gasteiger partial charge in [-0.1, -0.05) is 23.7 Å². The van der Waals surface area contributed by atoms with Crippen molar-refractivity contribution in [1.29, 1.82) is 0 Å². The lowest BCUT2D eigenvalue weighted by Gasteiger charge is -2.06. The number of aromatic carboxylic acids is 1. The summed E-state index contributed by atoms with van der Waals surface area (Å²) in [6, 6.07) is 9.89. The highest BCUT2D eigenvalue weighted by atomic mass is 35.5. The molecule has 0 unspecified atom stereocenters. The van der Waals surface area contributed by atoms with Gasteiger partial charge in [-0.05, 0) is 18.2 Å².